The highest BCUT2D eigenvalue weighted by Crippen LogP contribution is 2.31. The number of nitrogens with one attached hydrogen (secondary N) is 2. The van der Waals surface area contributed by atoms with Crippen molar-refractivity contribution < 1.29 is 17.9 Å². The number of carbonyl (C=O) groups excluding carboxylic acids is 1. The van der Waals surface area contributed by atoms with E-state index in [0.29, 0.717) is 17.9 Å². The fourth-order valence-electron chi connectivity index (χ4n) is 2.90. The third kappa shape index (κ3) is 5.94. The van der Waals surface area contributed by atoms with Crippen molar-refractivity contribution in [3.05, 3.63) is 82.3 Å². The Kier molecular flexibility index (Phi) is 7.66. The van der Waals surface area contributed by atoms with Crippen molar-refractivity contribution in [2.75, 3.05) is 10.0 Å². The van der Waals surface area contributed by atoms with Crippen molar-refractivity contribution in [2.24, 2.45) is 0 Å². The number of anilines is 2. The predicted octanol–water partition coefficient (Wildman–Crippen LogP) is 5.90. The Balaban J connectivity index is 1.69. The zero-order chi connectivity index (χ0) is 23.3. The van der Waals surface area contributed by atoms with Crippen molar-refractivity contribution in [3.63, 3.8) is 0 Å². The molecule has 1 atom stereocenters. The summed E-state index contributed by atoms with van der Waals surface area (Å²) in [5.74, 6) is 0.285. The molecular formula is C23H22Cl2N2O4S. The van der Waals surface area contributed by atoms with Gasteiger partial charge in [-0.25, -0.2) is 8.42 Å². The van der Waals surface area contributed by atoms with Crippen LogP contribution in [0.1, 0.15) is 18.9 Å². The number of carbonyl (C=O) groups is 1. The van der Waals surface area contributed by atoms with E-state index >= 15 is 0 Å². The molecule has 6 nitrogen and oxygen atoms in total. The van der Waals surface area contributed by atoms with E-state index in [-0.39, 0.29) is 26.5 Å². The smallest absolute Gasteiger partial charge is 0.265 e. The van der Waals surface area contributed by atoms with Gasteiger partial charge in [0.2, 0.25) is 0 Å². The summed E-state index contributed by atoms with van der Waals surface area (Å²) < 4.78 is 33.5. The van der Waals surface area contributed by atoms with Gasteiger partial charge in [0.05, 0.1) is 20.6 Å². The highest BCUT2D eigenvalue weighted by Gasteiger charge is 2.20. The summed E-state index contributed by atoms with van der Waals surface area (Å²) in [5, 5.41) is 3.11. The van der Waals surface area contributed by atoms with Gasteiger partial charge in [-0.2, -0.15) is 0 Å². The molecule has 0 bridgehead atoms. The molecular weight excluding hydrogens is 471 g/mol. The lowest BCUT2D eigenvalue weighted by Gasteiger charge is -2.18. The van der Waals surface area contributed by atoms with Crippen molar-refractivity contribution >= 4 is 50.5 Å². The minimum Gasteiger partial charge on any atom is -0.481 e. The SMILES string of the molecule is CC[C@H](Oc1cccc(C)c1)C(=O)Nc1ccc(S(=O)(=O)Nc2cccc(Cl)c2Cl)cc1. The van der Waals surface area contributed by atoms with Crippen molar-refractivity contribution in [1.29, 1.82) is 0 Å². The summed E-state index contributed by atoms with van der Waals surface area (Å²) in [6, 6.07) is 17.9. The van der Waals surface area contributed by atoms with Gasteiger partial charge in [-0.3, -0.25) is 9.52 Å². The van der Waals surface area contributed by atoms with Gasteiger partial charge in [-0.1, -0.05) is 48.3 Å². The molecule has 0 aliphatic rings. The van der Waals surface area contributed by atoms with E-state index in [0.717, 1.165) is 5.56 Å². The number of aryl methyl sites for hydroxylation is 1. The average Bonchev–Trinajstić information content (AvgIpc) is 2.75. The Morgan fingerprint density at radius 3 is 2.38 bits per heavy atom. The molecule has 0 radical (unpaired) electrons. The lowest BCUT2D eigenvalue weighted by atomic mass is 10.2. The molecule has 32 heavy (non-hydrogen) atoms. The third-order valence-electron chi connectivity index (χ3n) is 4.56. The number of amides is 1. The van der Waals surface area contributed by atoms with E-state index in [1.165, 1.54) is 30.3 Å². The van der Waals surface area contributed by atoms with E-state index in [4.69, 9.17) is 27.9 Å². The van der Waals surface area contributed by atoms with E-state index in [9.17, 15) is 13.2 Å². The van der Waals surface area contributed by atoms with Crippen molar-refractivity contribution in [3.8, 4) is 5.75 Å². The van der Waals surface area contributed by atoms with Gasteiger partial charge in [-0.15, -0.1) is 0 Å². The van der Waals surface area contributed by atoms with Crippen LogP contribution in [-0.2, 0) is 14.8 Å². The molecule has 0 unspecified atom stereocenters. The fourth-order valence-corrected chi connectivity index (χ4v) is 4.38. The number of benzene rings is 3. The molecule has 0 aliphatic carbocycles. The van der Waals surface area contributed by atoms with E-state index in [2.05, 4.69) is 10.0 Å². The Morgan fingerprint density at radius 1 is 1.03 bits per heavy atom. The van der Waals surface area contributed by atoms with Crippen LogP contribution in [0.15, 0.2) is 71.6 Å². The molecule has 0 aromatic heterocycles. The molecule has 0 aliphatic heterocycles. The van der Waals surface area contributed by atoms with Gasteiger partial charge < -0.3 is 10.1 Å². The van der Waals surface area contributed by atoms with Gasteiger partial charge in [0.15, 0.2) is 6.10 Å². The molecule has 2 N–H and O–H groups in total. The maximum Gasteiger partial charge on any atom is 0.265 e. The van der Waals surface area contributed by atoms with Gasteiger partial charge in [0.1, 0.15) is 5.75 Å². The second-order valence-electron chi connectivity index (χ2n) is 7.05. The van der Waals surface area contributed by atoms with Gasteiger partial charge >= 0.3 is 0 Å². The fraction of sp³-hybridized carbons (Fsp3) is 0.174. The summed E-state index contributed by atoms with van der Waals surface area (Å²) in [6.45, 7) is 3.79. The van der Waals surface area contributed by atoms with Crippen molar-refractivity contribution in [1.82, 2.24) is 0 Å². The van der Waals surface area contributed by atoms with Crippen LogP contribution in [0, 0.1) is 6.92 Å². The summed E-state index contributed by atoms with van der Waals surface area (Å²) in [7, 11) is -3.89. The van der Waals surface area contributed by atoms with E-state index in [1.807, 2.05) is 32.0 Å². The van der Waals surface area contributed by atoms with E-state index < -0.39 is 16.1 Å². The van der Waals surface area contributed by atoms with Crippen molar-refractivity contribution in [2.45, 2.75) is 31.3 Å². The third-order valence-corrected chi connectivity index (χ3v) is 6.76. The number of rotatable bonds is 8. The number of ether oxygens (including phenoxy) is 1. The molecule has 9 heteroatoms. The second-order valence-corrected chi connectivity index (χ2v) is 9.52. The van der Waals surface area contributed by atoms with Crippen LogP contribution in [0.5, 0.6) is 5.75 Å². The van der Waals surface area contributed by atoms with E-state index in [1.54, 1.807) is 18.2 Å². The molecule has 168 valence electrons. The Bertz CT molecular complexity index is 1210. The Morgan fingerprint density at radius 2 is 1.72 bits per heavy atom. The molecule has 1 amide bonds. The number of halogens is 2. The molecule has 0 fully saturated rings. The summed E-state index contributed by atoms with van der Waals surface area (Å²) >= 11 is 12.0. The molecule has 3 aromatic rings. The number of sulfonamides is 1. The van der Waals surface area contributed by atoms with Crippen LogP contribution in [-0.4, -0.2) is 20.4 Å². The highest BCUT2D eigenvalue weighted by atomic mass is 35.5. The first-order valence-electron chi connectivity index (χ1n) is 9.80. The van der Waals surface area contributed by atoms with Gasteiger partial charge in [0, 0.05) is 5.69 Å². The monoisotopic (exact) mass is 492 g/mol. The lowest BCUT2D eigenvalue weighted by molar-refractivity contribution is -0.122. The minimum absolute atomic E-state index is 0.00888. The normalized spacial score (nSPS) is 12.1. The molecule has 0 heterocycles. The zero-order valence-electron chi connectivity index (χ0n) is 17.4. The number of hydrogen-bond donors (Lipinski definition) is 2. The van der Waals surface area contributed by atoms with Crippen LogP contribution < -0.4 is 14.8 Å². The van der Waals surface area contributed by atoms with Gasteiger partial charge in [0.25, 0.3) is 15.9 Å². The largest absolute Gasteiger partial charge is 0.481 e. The maximum absolute atomic E-state index is 12.7. The molecule has 3 aromatic carbocycles. The first kappa shape index (κ1) is 23.9. The standard InChI is InChI=1S/C23H22Cl2N2O4S/c1-3-21(31-17-7-4-6-15(2)14-17)23(28)26-16-10-12-18(13-11-16)32(29,30)27-20-9-5-8-19(24)22(20)25/h4-14,21,27H,3H2,1-2H3,(H,26,28)/t21-/m0/s1. The van der Waals surface area contributed by atoms with Crippen LogP contribution >= 0.6 is 23.2 Å². The zero-order valence-corrected chi connectivity index (χ0v) is 19.8. The molecule has 0 saturated heterocycles. The minimum atomic E-state index is -3.89. The summed E-state index contributed by atoms with van der Waals surface area (Å²) in [4.78, 5) is 12.6. The Hall–Kier alpha value is -2.74. The Labute approximate surface area is 197 Å². The van der Waals surface area contributed by atoms with Crippen LogP contribution in [0.3, 0.4) is 0 Å². The topological polar surface area (TPSA) is 84.5 Å². The second kappa shape index (κ2) is 10.3. The van der Waals surface area contributed by atoms with Crippen LogP contribution in [0.25, 0.3) is 0 Å². The van der Waals surface area contributed by atoms with Crippen LogP contribution in [0.2, 0.25) is 10.0 Å². The summed E-state index contributed by atoms with van der Waals surface area (Å²) in [5.41, 5.74) is 1.65. The average molecular weight is 493 g/mol. The first-order chi connectivity index (χ1) is 15.2. The quantitative estimate of drug-likeness (QED) is 0.409. The highest BCUT2D eigenvalue weighted by molar-refractivity contribution is 7.92. The molecule has 0 saturated carbocycles. The number of hydrogen-bond acceptors (Lipinski definition) is 4. The maximum atomic E-state index is 12.7. The summed E-state index contributed by atoms with van der Waals surface area (Å²) in [6.07, 6.45) is -0.219. The molecule has 0 spiro atoms. The first-order valence-corrected chi connectivity index (χ1v) is 12.0. The lowest BCUT2D eigenvalue weighted by Crippen LogP contribution is -2.32. The van der Waals surface area contributed by atoms with Crippen LogP contribution in [0.4, 0.5) is 11.4 Å². The van der Waals surface area contributed by atoms with Gasteiger partial charge in [-0.05, 0) is 67.4 Å². The molecule has 3 rings (SSSR count). The predicted molar refractivity (Wildman–Crippen MR) is 128 cm³/mol.